The Bertz CT molecular complexity index is 1070. The molecule has 2 aromatic carbocycles. The van der Waals surface area contributed by atoms with Gasteiger partial charge in [-0.3, -0.25) is 9.59 Å². The zero-order valence-electron chi connectivity index (χ0n) is 17.9. The van der Waals surface area contributed by atoms with Gasteiger partial charge in [0.2, 0.25) is 5.91 Å². The molecule has 6 nitrogen and oxygen atoms in total. The zero-order valence-corrected chi connectivity index (χ0v) is 17.9. The monoisotopic (exact) mass is 405 g/mol. The molecule has 1 heterocycles. The molecule has 156 valence electrons. The minimum atomic E-state index is -0.490. The van der Waals surface area contributed by atoms with E-state index in [2.05, 4.69) is 15.2 Å². The van der Waals surface area contributed by atoms with Crippen LogP contribution in [0.1, 0.15) is 35.6 Å². The van der Waals surface area contributed by atoms with Crippen LogP contribution in [-0.2, 0) is 4.79 Å². The summed E-state index contributed by atoms with van der Waals surface area (Å²) in [5, 5.41) is 5.98. The first-order chi connectivity index (χ1) is 14.3. The third-order valence-corrected chi connectivity index (χ3v) is 5.00. The fourth-order valence-electron chi connectivity index (χ4n) is 3.62. The molecule has 0 spiro atoms. The number of methoxy groups -OCH3 is 1. The van der Waals surface area contributed by atoms with E-state index in [-0.39, 0.29) is 11.7 Å². The van der Waals surface area contributed by atoms with Crippen LogP contribution in [0.25, 0.3) is 5.69 Å². The Morgan fingerprint density at radius 2 is 1.73 bits per heavy atom. The first kappa shape index (κ1) is 21.2. The first-order valence-corrected chi connectivity index (χ1v) is 9.82. The van der Waals surface area contributed by atoms with Gasteiger partial charge in [-0.05, 0) is 57.2 Å². The van der Waals surface area contributed by atoms with Crippen molar-refractivity contribution in [1.29, 1.82) is 0 Å². The Morgan fingerprint density at radius 1 is 1.03 bits per heavy atom. The maximum Gasteiger partial charge on any atom is 0.221 e. The van der Waals surface area contributed by atoms with E-state index in [4.69, 9.17) is 4.74 Å². The molecule has 3 aromatic rings. The number of para-hydroxylation sites is 1. The van der Waals surface area contributed by atoms with Crippen molar-refractivity contribution in [2.45, 2.75) is 33.7 Å². The lowest BCUT2D eigenvalue weighted by atomic mass is 10.1. The highest BCUT2D eigenvalue weighted by molar-refractivity contribution is 6.03. The molecule has 6 heteroatoms. The second-order valence-electron chi connectivity index (χ2n) is 7.28. The van der Waals surface area contributed by atoms with Crippen LogP contribution in [0.5, 0.6) is 5.75 Å². The molecule has 1 aromatic heterocycles. The molecule has 0 saturated heterocycles. The van der Waals surface area contributed by atoms with Crippen molar-refractivity contribution in [3.63, 3.8) is 0 Å². The Balaban J connectivity index is 1.88. The van der Waals surface area contributed by atoms with Gasteiger partial charge >= 0.3 is 0 Å². The number of carbonyl (C=O) groups is 2. The number of nitrogens with one attached hydrogen (secondary N) is 2. The summed E-state index contributed by atoms with van der Waals surface area (Å²) in [4.78, 5) is 24.6. The minimum Gasteiger partial charge on any atom is -0.495 e. The van der Waals surface area contributed by atoms with Gasteiger partial charge in [-0.15, -0.1) is 0 Å². The summed E-state index contributed by atoms with van der Waals surface area (Å²) in [7, 11) is 1.57. The first-order valence-electron chi connectivity index (χ1n) is 9.82. The van der Waals surface area contributed by atoms with Crippen LogP contribution >= 0.6 is 0 Å². The number of nitrogens with zero attached hydrogens (tertiary/aromatic N) is 1. The van der Waals surface area contributed by atoms with Crippen LogP contribution < -0.4 is 15.4 Å². The number of amides is 1. The van der Waals surface area contributed by atoms with Crippen molar-refractivity contribution in [1.82, 2.24) is 4.57 Å². The van der Waals surface area contributed by atoms with E-state index in [1.54, 1.807) is 25.3 Å². The van der Waals surface area contributed by atoms with E-state index >= 15 is 0 Å². The summed E-state index contributed by atoms with van der Waals surface area (Å²) < 4.78 is 7.49. The highest BCUT2D eigenvalue weighted by Crippen LogP contribution is 2.29. The number of benzene rings is 2. The quantitative estimate of drug-likeness (QED) is 0.557. The number of Topliss-reactive ketones (excluding diaryl/α,β-unsaturated/α-hetero) is 1. The normalized spacial score (nSPS) is 11.6. The van der Waals surface area contributed by atoms with E-state index < -0.39 is 6.04 Å². The molecule has 0 unspecified atom stereocenters. The van der Waals surface area contributed by atoms with Crippen LogP contribution in [0, 0.1) is 13.8 Å². The molecule has 0 aliphatic rings. The van der Waals surface area contributed by atoms with Gasteiger partial charge in [0.15, 0.2) is 5.78 Å². The van der Waals surface area contributed by atoms with Gasteiger partial charge in [0, 0.05) is 35.2 Å². The number of hydrogen-bond acceptors (Lipinski definition) is 4. The smallest absolute Gasteiger partial charge is 0.221 e. The number of ether oxygens (including phenoxy) is 1. The largest absolute Gasteiger partial charge is 0.495 e. The fraction of sp³-hybridized carbons (Fsp3) is 0.250. The number of anilines is 2. The van der Waals surface area contributed by atoms with Gasteiger partial charge in [0.25, 0.3) is 0 Å². The lowest BCUT2D eigenvalue weighted by Gasteiger charge is -2.18. The molecule has 3 rings (SSSR count). The Labute approximate surface area is 176 Å². The van der Waals surface area contributed by atoms with E-state index in [0.29, 0.717) is 22.7 Å². The standard InChI is InChI=1S/C24H27N3O3/c1-15-13-21(17(3)27(15)20-9-7-6-8-10-20)24(29)16(2)25-22-14-19(26-18(4)28)11-12-23(22)30-5/h6-14,16,25H,1-5H3,(H,26,28)/t16-/m1/s1. The Kier molecular flexibility index (Phi) is 6.26. The fourth-order valence-corrected chi connectivity index (χ4v) is 3.62. The molecule has 2 N–H and O–H groups in total. The molecule has 1 amide bonds. The summed E-state index contributed by atoms with van der Waals surface area (Å²) in [6.07, 6.45) is 0. The molecular weight excluding hydrogens is 378 g/mol. The lowest BCUT2D eigenvalue weighted by Crippen LogP contribution is -2.27. The maximum atomic E-state index is 13.2. The summed E-state index contributed by atoms with van der Waals surface area (Å²) in [6.45, 7) is 7.22. The van der Waals surface area contributed by atoms with Crippen molar-refractivity contribution >= 4 is 23.1 Å². The van der Waals surface area contributed by atoms with Crippen LogP contribution in [-0.4, -0.2) is 29.4 Å². The van der Waals surface area contributed by atoms with Crippen molar-refractivity contribution < 1.29 is 14.3 Å². The van der Waals surface area contributed by atoms with Gasteiger partial charge in [-0.2, -0.15) is 0 Å². The molecule has 0 fully saturated rings. The highest BCUT2D eigenvalue weighted by atomic mass is 16.5. The van der Waals surface area contributed by atoms with E-state index in [1.165, 1.54) is 6.92 Å². The molecule has 1 atom stereocenters. The minimum absolute atomic E-state index is 0.0164. The van der Waals surface area contributed by atoms with Crippen molar-refractivity contribution in [3.8, 4) is 11.4 Å². The van der Waals surface area contributed by atoms with Gasteiger partial charge in [-0.1, -0.05) is 18.2 Å². The molecule has 0 aliphatic heterocycles. The predicted octanol–water partition coefficient (Wildman–Crippen LogP) is 4.74. The van der Waals surface area contributed by atoms with Crippen LogP contribution in [0.3, 0.4) is 0 Å². The number of rotatable bonds is 7. The SMILES string of the molecule is COc1ccc(NC(C)=O)cc1N[C@H](C)C(=O)c1cc(C)n(-c2ccccc2)c1C. The van der Waals surface area contributed by atoms with E-state index in [0.717, 1.165) is 17.1 Å². The van der Waals surface area contributed by atoms with Crippen LogP contribution in [0.4, 0.5) is 11.4 Å². The average molecular weight is 405 g/mol. The zero-order chi connectivity index (χ0) is 21.8. The summed E-state index contributed by atoms with van der Waals surface area (Å²) in [6, 6.07) is 16.7. The number of ketones is 1. The average Bonchev–Trinajstić information content (AvgIpc) is 3.01. The summed E-state index contributed by atoms with van der Waals surface area (Å²) >= 11 is 0. The molecular formula is C24H27N3O3. The van der Waals surface area contributed by atoms with Crippen LogP contribution in [0.2, 0.25) is 0 Å². The van der Waals surface area contributed by atoms with Crippen molar-refractivity contribution in [2.24, 2.45) is 0 Å². The van der Waals surface area contributed by atoms with Crippen molar-refractivity contribution in [3.05, 3.63) is 71.5 Å². The second-order valence-corrected chi connectivity index (χ2v) is 7.28. The van der Waals surface area contributed by atoms with E-state index in [9.17, 15) is 9.59 Å². The van der Waals surface area contributed by atoms with Gasteiger partial charge in [0.1, 0.15) is 5.75 Å². The van der Waals surface area contributed by atoms with Crippen LogP contribution in [0.15, 0.2) is 54.6 Å². The number of hydrogen-bond donors (Lipinski definition) is 2. The number of carbonyl (C=O) groups excluding carboxylic acids is 2. The Morgan fingerprint density at radius 3 is 2.37 bits per heavy atom. The van der Waals surface area contributed by atoms with Crippen molar-refractivity contribution in [2.75, 3.05) is 17.7 Å². The van der Waals surface area contributed by atoms with E-state index in [1.807, 2.05) is 57.2 Å². The van der Waals surface area contributed by atoms with Gasteiger partial charge in [0.05, 0.1) is 18.8 Å². The predicted molar refractivity (Wildman–Crippen MR) is 120 cm³/mol. The summed E-state index contributed by atoms with van der Waals surface area (Å²) in [5.41, 5.74) is 4.87. The highest BCUT2D eigenvalue weighted by Gasteiger charge is 2.22. The van der Waals surface area contributed by atoms with Gasteiger partial charge in [-0.25, -0.2) is 0 Å². The molecule has 30 heavy (non-hydrogen) atoms. The second kappa shape index (κ2) is 8.86. The molecule has 0 aliphatic carbocycles. The summed E-state index contributed by atoms with van der Waals surface area (Å²) in [5.74, 6) is 0.416. The van der Waals surface area contributed by atoms with Gasteiger partial charge < -0.3 is 19.9 Å². The molecule has 0 bridgehead atoms. The Hall–Kier alpha value is -3.54. The molecule has 0 radical (unpaired) electrons. The lowest BCUT2D eigenvalue weighted by molar-refractivity contribution is -0.114. The number of aryl methyl sites for hydroxylation is 1. The maximum absolute atomic E-state index is 13.2. The molecule has 0 saturated carbocycles. The topological polar surface area (TPSA) is 72.4 Å². The third-order valence-electron chi connectivity index (χ3n) is 5.00. The number of aromatic nitrogens is 1. The third kappa shape index (κ3) is 4.38.